The van der Waals surface area contributed by atoms with E-state index < -0.39 is 41.5 Å². The normalized spacial score (nSPS) is 16.4. The molecule has 0 aliphatic carbocycles. The monoisotopic (exact) mass is 458 g/mol. The van der Waals surface area contributed by atoms with Crippen molar-refractivity contribution in [2.75, 3.05) is 6.54 Å². The third-order valence-electron chi connectivity index (χ3n) is 4.50. The standard InChI is InChI=1S/C22H23FN4O6/c1-21(2,3)33-19(30)22(4,24)18(29)27-17(28)12-26(20(27)31)25-11-15-9-10-16(32-15)13-5-7-14(23)8-6-13/h5-11H,12,24H2,1-4H3. The fourth-order valence-electron chi connectivity index (χ4n) is 2.80. The van der Waals surface area contributed by atoms with Gasteiger partial charge < -0.3 is 14.9 Å². The van der Waals surface area contributed by atoms with E-state index in [1.54, 1.807) is 32.9 Å². The minimum absolute atomic E-state index is 0.247. The summed E-state index contributed by atoms with van der Waals surface area (Å²) in [4.78, 5) is 50.3. The van der Waals surface area contributed by atoms with Gasteiger partial charge in [-0.05, 0) is 64.1 Å². The Balaban J connectivity index is 1.72. The van der Waals surface area contributed by atoms with Crippen LogP contribution in [0.5, 0.6) is 0 Å². The molecular weight excluding hydrogens is 435 g/mol. The molecule has 1 aliphatic rings. The topological polar surface area (TPSA) is 136 Å². The van der Waals surface area contributed by atoms with Crippen LogP contribution in [0.4, 0.5) is 9.18 Å². The number of hydrogen-bond donors (Lipinski definition) is 1. The highest BCUT2D eigenvalue weighted by molar-refractivity contribution is 6.22. The summed E-state index contributed by atoms with van der Waals surface area (Å²) < 4.78 is 23.8. The molecule has 33 heavy (non-hydrogen) atoms. The smallest absolute Gasteiger partial charge is 0.354 e. The number of urea groups is 1. The number of hydrogen-bond acceptors (Lipinski definition) is 8. The van der Waals surface area contributed by atoms with Gasteiger partial charge in [0.15, 0.2) is 5.54 Å². The van der Waals surface area contributed by atoms with Crippen molar-refractivity contribution in [3.63, 3.8) is 0 Å². The summed E-state index contributed by atoms with van der Waals surface area (Å²) in [6.45, 7) is 5.30. The Morgan fingerprint density at radius 3 is 2.36 bits per heavy atom. The lowest BCUT2D eigenvalue weighted by Gasteiger charge is -2.28. The molecule has 2 N–H and O–H groups in total. The van der Waals surface area contributed by atoms with Crippen molar-refractivity contribution in [2.24, 2.45) is 10.8 Å². The highest BCUT2D eigenvalue weighted by Gasteiger charge is 2.51. The number of esters is 1. The van der Waals surface area contributed by atoms with E-state index in [0.717, 1.165) is 11.9 Å². The van der Waals surface area contributed by atoms with Crippen molar-refractivity contribution in [2.45, 2.75) is 38.8 Å². The van der Waals surface area contributed by atoms with Gasteiger partial charge in [0.2, 0.25) is 0 Å². The number of nitrogens with two attached hydrogens (primary N) is 1. The van der Waals surface area contributed by atoms with Gasteiger partial charge in [0, 0.05) is 5.56 Å². The van der Waals surface area contributed by atoms with E-state index in [4.69, 9.17) is 14.9 Å². The van der Waals surface area contributed by atoms with Crippen molar-refractivity contribution in [1.29, 1.82) is 0 Å². The molecule has 2 heterocycles. The number of rotatable bonds is 5. The summed E-state index contributed by atoms with van der Waals surface area (Å²) in [5.41, 5.74) is 3.27. The van der Waals surface area contributed by atoms with Crippen LogP contribution in [0, 0.1) is 5.82 Å². The number of carbonyl (C=O) groups is 4. The van der Waals surface area contributed by atoms with Crippen molar-refractivity contribution >= 4 is 30.0 Å². The number of furan rings is 1. The zero-order valence-corrected chi connectivity index (χ0v) is 18.5. The Morgan fingerprint density at radius 2 is 1.76 bits per heavy atom. The second-order valence-corrected chi connectivity index (χ2v) is 8.53. The Kier molecular flexibility index (Phi) is 6.19. The van der Waals surface area contributed by atoms with Gasteiger partial charge in [0.05, 0.1) is 6.21 Å². The third-order valence-corrected chi connectivity index (χ3v) is 4.50. The van der Waals surface area contributed by atoms with Gasteiger partial charge >= 0.3 is 12.0 Å². The van der Waals surface area contributed by atoms with E-state index in [2.05, 4.69) is 5.10 Å². The first-order chi connectivity index (χ1) is 15.3. The quantitative estimate of drug-likeness (QED) is 0.314. The highest BCUT2D eigenvalue weighted by atomic mass is 19.1. The molecule has 2 aromatic rings. The van der Waals surface area contributed by atoms with Crippen LogP contribution in [0.1, 0.15) is 33.5 Å². The number of ether oxygens (including phenoxy) is 1. The first kappa shape index (κ1) is 23.8. The number of halogens is 1. The molecule has 4 amide bonds. The van der Waals surface area contributed by atoms with Gasteiger partial charge in [-0.3, -0.25) is 9.59 Å². The lowest BCUT2D eigenvalue weighted by atomic mass is 10.0. The number of benzene rings is 1. The molecule has 0 radical (unpaired) electrons. The molecule has 10 nitrogen and oxygen atoms in total. The van der Waals surface area contributed by atoms with Gasteiger partial charge in [-0.25, -0.2) is 19.0 Å². The SMILES string of the molecule is CC(C)(C)OC(=O)C(C)(N)C(=O)N1C(=O)CN(N=Cc2ccc(-c3ccc(F)cc3)o2)C1=O. The maximum Gasteiger partial charge on any atom is 0.354 e. The second-order valence-electron chi connectivity index (χ2n) is 8.53. The summed E-state index contributed by atoms with van der Waals surface area (Å²) >= 11 is 0. The van der Waals surface area contributed by atoms with Crippen LogP contribution in [-0.4, -0.2) is 57.6 Å². The Morgan fingerprint density at radius 1 is 1.12 bits per heavy atom. The van der Waals surface area contributed by atoms with E-state index in [1.807, 2.05) is 0 Å². The summed E-state index contributed by atoms with van der Waals surface area (Å²) in [6.07, 6.45) is 1.18. The maximum absolute atomic E-state index is 13.1. The Hall–Kier alpha value is -3.86. The third kappa shape index (κ3) is 5.14. The molecule has 0 spiro atoms. The minimum Gasteiger partial charge on any atom is -0.458 e. The molecule has 0 saturated carbocycles. The first-order valence-corrected chi connectivity index (χ1v) is 9.90. The molecule has 1 unspecified atom stereocenters. The van der Waals surface area contributed by atoms with Crippen LogP contribution in [-0.2, 0) is 19.1 Å². The lowest BCUT2D eigenvalue weighted by Crippen LogP contribution is -2.61. The molecule has 11 heteroatoms. The van der Waals surface area contributed by atoms with E-state index in [9.17, 15) is 23.6 Å². The number of imide groups is 3. The van der Waals surface area contributed by atoms with Gasteiger partial charge in [0.25, 0.3) is 11.8 Å². The Labute approximate surface area is 188 Å². The maximum atomic E-state index is 13.1. The van der Waals surface area contributed by atoms with E-state index in [1.165, 1.54) is 30.5 Å². The van der Waals surface area contributed by atoms with E-state index in [-0.39, 0.29) is 16.5 Å². The Bertz CT molecular complexity index is 1130. The average molecular weight is 458 g/mol. The number of amides is 4. The largest absolute Gasteiger partial charge is 0.458 e. The van der Waals surface area contributed by atoms with Crippen molar-refractivity contribution in [1.82, 2.24) is 9.91 Å². The molecule has 1 atom stereocenters. The summed E-state index contributed by atoms with van der Waals surface area (Å²) in [6, 6.07) is 7.77. The number of hydrazone groups is 1. The molecule has 3 rings (SSSR count). The van der Waals surface area contributed by atoms with Crippen LogP contribution < -0.4 is 5.73 Å². The molecule has 1 fully saturated rings. The zero-order chi connectivity index (χ0) is 24.6. The van der Waals surface area contributed by atoms with Crippen molar-refractivity contribution in [3.8, 4) is 11.3 Å². The predicted octanol–water partition coefficient (Wildman–Crippen LogP) is 2.27. The first-order valence-electron chi connectivity index (χ1n) is 9.90. The molecule has 174 valence electrons. The minimum atomic E-state index is -2.26. The van der Waals surface area contributed by atoms with E-state index >= 15 is 0 Å². The average Bonchev–Trinajstić information content (AvgIpc) is 3.29. The number of carbonyl (C=O) groups excluding carboxylic acids is 4. The van der Waals surface area contributed by atoms with E-state index in [0.29, 0.717) is 11.3 Å². The van der Waals surface area contributed by atoms with Crippen LogP contribution in [0.2, 0.25) is 0 Å². The summed E-state index contributed by atoms with van der Waals surface area (Å²) in [5, 5.41) is 4.64. The van der Waals surface area contributed by atoms with Gasteiger partial charge in [0.1, 0.15) is 29.5 Å². The fraction of sp³-hybridized carbons (Fsp3) is 0.318. The van der Waals surface area contributed by atoms with Crippen molar-refractivity contribution in [3.05, 3.63) is 48.0 Å². The number of nitrogens with zero attached hydrogens (tertiary/aromatic N) is 3. The molecule has 1 aromatic heterocycles. The lowest BCUT2D eigenvalue weighted by molar-refractivity contribution is -0.165. The molecule has 1 saturated heterocycles. The van der Waals surface area contributed by atoms with Crippen LogP contribution in [0.3, 0.4) is 0 Å². The van der Waals surface area contributed by atoms with Crippen LogP contribution >= 0.6 is 0 Å². The zero-order valence-electron chi connectivity index (χ0n) is 18.5. The van der Waals surface area contributed by atoms with Gasteiger partial charge in [-0.1, -0.05) is 0 Å². The summed E-state index contributed by atoms with van der Waals surface area (Å²) in [7, 11) is 0. The summed E-state index contributed by atoms with van der Waals surface area (Å²) in [5.74, 6) is -2.89. The second kappa shape index (κ2) is 8.58. The van der Waals surface area contributed by atoms with Crippen molar-refractivity contribution < 1.29 is 32.7 Å². The fourth-order valence-corrected chi connectivity index (χ4v) is 2.80. The molecule has 1 aliphatic heterocycles. The molecule has 0 bridgehead atoms. The van der Waals surface area contributed by atoms with Crippen LogP contribution in [0.15, 0.2) is 45.9 Å². The molecule has 1 aromatic carbocycles. The highest BCUT2D eigenvalue weighted by Crippen LogP contribution is 2.23. The van der Waals surface area contributed by atoms with Gasteiger partial charge in [-0.2, -0.15) is 10.0 Å². The molecular formula is C22H23FN4O6. The predicted molar refractivity (Wildman–Crippen MR) is 114 cm³/mol. The van der Waals surface area contributed by atoms with Gasteiger partial charge in [-0.15, -0.1) is 0 Å². The van der Waals surface area contributed by atoms with Crippen LogP contribution in [0.25, 0.3) is 11.3 Å².